The number of nitro benzene ring substituents is 1. The predicted molar refractivity (Wildman–Crippen MR) is 109 cm³/mol. The lowest BCUT2D eigenvalue weighted by molar-refractivity contribution is -1.02. The highest BCUT2D eigenvalue weighted by Crippen LogP contribution is 2.28. The Hall–Kier alpha value is -2.97. The van der Waals surface area contributed by atoms with E-state index in [4.69, 9.17) is 4.74 Å². The van der Waals surface area contributed by atoms with Gasteiger partial charge in [0.2, 0.25) is 0 Å². The van der Waals surface area contributed by atoms with Crippen molar-refractivity contribution in [3.05, 3.63) is 63.7 Å². The van der Waals surface area contributed by atoms with Crippen LogP contribution in [0.2, 0.25) is 0 Å². The van der Waals surface area contributed by atoms with Crippen LogP contribution in [0.3, 0.4) is 0 Å². The van der Waals surface area contributed by atoms with Crippen LogP contribution in [0, 0.1) is 17.0 Å². The standard InChI is InChI=1S/C21H26N4O4/c1-16-5-3-4-6-17(16)14-23-9-11-24(12-10-23)15-21(26)22-19-8-7-18(29-2)13-20(19)25(27)28/h3-8,13H,9-12,14-15H2,1-2H3,(H,22,26)/p+2. The monoisotopic (exact) mass is 400 g/mol. The highest BCUT2D eigenvalue weighted by Gasteiger charge is 2.26. The number of carbonyl (C=O) groups is 1. The molecule has 8 nitrogen and oxygen atoms in total. The number of rotatable bonds is 7. The molecule has 0 aliphatic carbocycles. The first-order valence-electron chi connectivity index (χ1n) is 9.80. The molecule has 3 N–H and O–H groups in total. The largest absolute Gasteiger partial charge is 0.496 e. The zero-order valence-corrected chi connectivity index (χ0v) is 16.9. The van der Waals surface area contributed by atoms with Crippen LogP contribution < -0.4 is 19.9 Å². The second kappa shape index (κ2) is 9.49. The van der Waals surface area contributed by atoms with Gasteiger partial charge >= 0.3 is 0 Å². The fourth-order valence-electron chi connectivity index (χ4n) is 3.71. The van der Waals surface area contributed by atoms with Crippen molar-refractivity contribution in [3.63, 3.8) is 0 Å². The summed E-state index contributed by atoms with van der Waals surface area (Å²) in [6.45, 7) is 7.25. The summed E-state index contributed by atoms with van der Waals surface area (Å²) in [6, 6.07) is 12.9. The third-order valence-electron chi connectivity index (χ3n) is 5.45. The predicted octanol–water partition coefficient (Wildman–Crippen LogP) is -0.166. The maximum Gasteiger partial charge on any atom is 0.296 e. The summed E-state index contributed by atoms with van der Waals surface area (Å²) >= 11 is 0. The Morgan fingerprint density at radius 2 is 1.83 bits per heavy atom. The van der Waals surface area contributed by atoms with Gasteiger partial charge in [0, 0.05) is 5.56 Å². The van der Waals surface area contributed by atoms with Crippen molar-refractivity contribution in [1.29, 1.82) is 0 Å². The molecule has 29 heavy (non-hydrogen) atoms. The zero-order valence-electron chi connectivity index (χ0n) is 16.9. The molecule has 154 valence electrons. The molecule has 0 bridgehead atoms. The molecule has 1 aliphatic heterocycles. The molecular weight excluding hydrogens is 372 g/mol. The van der Waals surface area contributed by atoms with Crippen molar-refractivity contribution in [1.82, 2.24) is 0 Å². The molecule has 8 heteroatoms. The summed E-state index contributed by atoms with van der Waals surface area (Å²) < 4.78 is 5.02. The number of methoxy groups -OCH3 is 1. The van der Waals surface area contributed by atoms with Gasteiger partial charge in [0.15, 0.2) is 6.54 Å². The van der Waals surface area contributed by atoms with Crippen LogP contribution in [-0.2, 0) is 11.3 Å². The van der Waals surface area contributed by atoms with E-state index in [1.807, 2.05) is 0 Å². The topological polar surface area (TPSA) is 90.3 Å². The lowest BCUT2D eigenvalue weighted by Gasteiger charge is -2.29. The van der Waals surface area contributed by atoms with Gasteiger partial charge in [0.1, 0.15) is 44.2 Å². The first-order chi connectivity index (χ1) is 14.0. The van der Waals surface area contributed by atoms with Crippen LogP contribution in [-0.4, -0.2) is 50.7 Å². The van der Waals surface area contributed by atoms with Gasteiger partial charge in [-0.1, -0.05) is 24.3 Å². The number of piperazine rings is 1. The summed E-state index contributed by atoms with van der Waals surface area (Å²) in [5.41, 5.74) is 2.72. The minimum atomic E-state index is -0.515. The van der Waals surface area contributed by atoms with Gasteiger partial charge in [0.05, 0.1) is 18.1 Å². The SMILES string of the molecule is COc1ccc(NC(=O)C[NH+]2CC[NH+](Cc3ccccc3C)CC2)c([N+](=O)[O-])c1. The summed E-state index contributed by atoms with van der Waals surface area (Å²) in [5.74, 6) is 0.170. The molecule has 0 saturated carbocycles. The van der Waals surface area contributed by atoms with Crippen LogP contribution in [0.1, 0.15) is 11.1 Å². The fourth-order valence-corrected chi connectivity index (χ4v) is 3.71. The number of ether oxygens (including phenoxy) is 1. The number of carbonyl (C=O) groups excluding carboxylic acids is 1. The number of amides is 1. The molecule has 0 radical (unpaired) electrons. The summed E-state index contributed by atoms with van der Waals surface area (Å²) in [7, 11) is 1.45. The third-order valence-corrected chi connectivity index (χ3v) is 5.45. The molecule has 1 amide bonds. The normalized spacial score (nSPS) is 18.8. The van der Waals surface area contributed by atoms with Gasteiger partial charge in [0.25, 0.3) is 11.6 Å². The van der Waals surface area contributed by atoms with Crippen LogP contribution in [0.4, 0.5) is 11.4 Å². The number of benzene rings is 2. The van der Waals surface area contributed by atoms with E-state index in [1.165, 1.54) is 40.2 Å². The molecule has 1 aliphatic rings. The molecular formula is C21H28N4O4+2. The van der Waals surface area contributed by atoms with Gasteiger partial charge in [-0.25, -0.2) is 0 Å². The molecule has 0 spiro atoms. The molecule has 2 aromatic rings. The maximum atomic E-state index is 12.4. The van der Waals surface area contributed by atoms with Gasteiger partial charge in [-0.3, -0.25) is 14.9 Å². The fraction of sp³-hybridized carbons (Fsp3) is 0.381. The molecule has 2 aromatic carbocycles. The Balaban J connectivity index is 1.51. The van der Waals surface area contributed by atoms with Crippen LogP contribution in [0.25, 0.3) is 0 Å². The van der Waals surface area contributed by atoms with Crippen molar-refractivity contribution in [2.24, 2.45) is 0 Å². The minimum absolute atomic E-state index is 0.166. The highest BCUT2D eigenvalue weighted by molar-refractivity contribution is 5.93. The zero-order chi connectivity index (χ0) is 20.8. The van der Waals surface area contributed by atoms with Crippen molar-refractivity contribution < 1.29 is 24.3 Å². The van der Waals surface area contributed by atoms with Gasteiger partial charge < -0.3 is 19.9 Å². The first-order valence-corrected chi connectivity index (χ1v) is 9.80. The third kappa shape index (κ3) is 5.52. The Morgan fingerprint density at radius 3 is 2.48 bits per heavy atom. The average molecular weight is 400 g/mol. The number of hydrogen-bond acceptors (Lipinski definition) is 4. The van der Waals surface area contributed by atoms with E-state index in [2.05, 4.69) is 36.5 Å². The lowest BCUT2D eigenvalue weighted by Crippen LogP contribution is -3.28. The van der Waals surface area contributed by atoms with E-state index in [0.717, 1.165) is 32.7 Å². The number of nitrogens with zero attached hydrogens (tertiary/aromatic N) is 1. The molecule has 0 aromatic heterocycles. The van der Waals surface area contributed by atoms with E-state index in [1.54, 1.807) is 6.07 Å². The Kier molecular flexibility index (Phi) is 6.79. The van der Waals surface area contributed by atoms with Crippen LogP contribution in [0.15, 0.2) is 42.5 Å². The van der Waals surface area contributed by atoms with E-state index in [0.29, 0.717) is 12.3 Å². The second-order valence-corrected chi connectivity index (χ2v) is 7.47. The van der Waals surface area contributed by atoms with Gasteiger partial charge in [-0.2, -0.15) is 0 Å². The summed E-state index contributed by atoms with van der Waals surface area (Å²) in [5, 5.41) is 13.9. The quantitative estimate of drug-likeness (QED) is 0.445. The number of aryl methyl sites for hydroxylation is 1. The molecule has 0 unspecified atom stereocenters. The number of anilines is 1. The smallest absolute Gasteiger partial charge is 0.296 e. The van der Waals surface area contributed by atoms with Gasteiger partial charge in [-0.05, 0) is 24.6 Å². The number of nitrogens with one attached hydrogen (secondary N) is 3. The number of nitro groups is 1. The van der Waals surface area contributed by atoms with E-state index in [9.17, 15) is 14.9 Å². The van der Waals surface area contributed by atoms with Crippen molar-refractivity contribution in [3.8, 4) is 5.75 Å². The van der Waals surface area contributed by atoms with Crippen molar-refractivity contribution in [2.75, 3.05) is 45.2 Å². The number of quaternary nitrogens is 2. The summed E-state index contributed by atoms with van der Waals surface area (Å²) in [6.07, 6.45) is 0. The van der Waals surface area contributed by atoms with E-state index < -0.39 is 4.92 Å². The first kappa shape index (κ1) is 20.8. The lowest BCUT2D eigenvalue weighted by atomic mass is 10.1. The maximum absolute atomic E-state index is 12.4. The van der Waals surface area contributed by atoms with Crippen molar-refractivity contribution in [2.45, 2.75) is 13.5 Å². The second-order valence-electron chi connectivity index (χ2n) is 7.47. The molecule has 1 fully saturated rings. The number of hydrogen-bond donors (Lipinski definition) is 3. The Bertz CT molecular complexity index is 879. The molecule has 3 rings (SSSR count). The molecule has 1 saturated heterocycles. The molecule has 1 heterocycles. The average Bonchev–Trinajstić information content (AvgIpc) is 2.71. The Labute approximate surface area is 170 Å². The Morgan fingerprint density at radius 1 is 1.14 bits per heavy atom. The van der Waals surface area contributed by atoms with E-state index in [-0.39, 0.29) is 17.3 Å². The van der Waals surface area contributed by atoms with E-state index >= 15 is 0 Å². The highest BCUT2D eigenvalue weighted by atomic mass is 16.6. The van der Waals surface area contributed by atoms with Crippen molar-refractivity contribution >= 4 is 17.3 Å². The summed E-state index contributed by atoms with van der Waals surface area (Å²) in [4.78, 5) is 25.9. The van der Waals surface area contributed by atoms with Gasteiger partial charge in [-0.15, -0.1) is 0 Å². The van der Waals surface area contributed by atoms with Crippen LogP contribution in [0.5, 0.6) is 5.75 Å². The van der Waals surface area contributed by atoms with Crippen LogP contribution >= 0.6 is 0 Å². The minimum Gasteiger partial charge on any atom is -0.496 e. The molecule has 0 atom stereocenters.